The van der Waals surface area contributed by atoms with Crippen molar-refractivity contribution in [1.29, 1.82) is 0 Å². The van der Waals surface area contributed by atoms with E-state index in [0.29, 0.717) is 13.0 Å². The van der Waals surface area contributed by atoms with Crippen molar-refractivity contribution in [1.82, 2.24) is 4.90 Å². The fourth-order valence-electron chi connectivity index (χ4n) is 1.12. The van der Waals surface area contributed by atoms with E-state index in [9.17, 15) is 0 Å². The molecule has 0 unspecified atom stereocenters. The molecule has 0 amide bonds. The van der Waals surface area contributed by atoms with Crippen LogP contribution in [0.3, 0.4) is 0 Å². The Morgan fingerprint density at radius 3 is 2.44 bits per heavy atom. The van der Waals surface area contributed by atoms with E-state index in [0.717, 1.165) is 13.1 Å². The van der Waals surface area contributed by atoms with Gasteiger partial charge in [-0.2, -0.15) is 0 Å². The molecule has 1 heterocycles. The minimum absolute atomic E-state index is 0.406. The topological polar surface area (TPSA) is 43.7 Å². The summed E-state index contributed by atoms with van der Waals surface area (Å²) in [4.78, 5) is 2.01. The monoisotopic (exact) mass is 131 g/mol. The lowest BCUT2D eigenvalue weighted by molar-refractivity contribution is -0.147. The molecule has 0 radical (unpaired) electrons. The average molecular weight is 131 g/mol. The second-order valence-electron chi connectivity index (χ2n) is 2.60. The standard InChI is InChI=1S/C6H13NO2/c1-2-7-4-3-6(8,9)5-7/h8-9H,2-5H2,1H3. The van der Waals surface area contributed by atoms with E-state index < -0.39 is 5.79 Å². The summed E-state index contributed by atoms with van der Waals surface area (Å²) in [7, 11) is 0. The van der Waals surface area contributed by atoms with Crippen molar-refractivity contribution >= 4 is 0 Å². The third-order valence-corrected chi connectivity index (χ3v) is 1.75. The zero-order chi connectivity index (χ0) is 6.91. The Morgan fingerprint density at radius 2 is 2.22 bits per heavy atom. The van der Waals surface area contributed by atoms with Crippen LogP contribution in [0.2, 0.25) is 0 Å². The van der Waals surface area contributed by atoms with Crippen LogP contribution < -0.4 is 0 Å². The highest BCUT2D eigenvalue weighted by Crippen LogP contribution is 2.16. The second-order valence-corrected chi connectivity index (χ2v) is 2.60. The van der Waals surface area contributed by atoms with Crippen molar-refractivity contribution in [2.45, 2.75) is 19.1 Å². The van der Waals surface area contributed by atoms with Crippen LogP contribution >= 0.6 is 0 Å². The van der Waals surface area contributed by atoms with E-state index in [1.165, 1.54) is 0 Å². The largest absolute Gasteiger partial charge is 0.365 e. The molecule has 1 aliphatic heterocycles. The summed E-state index contributed by atoms with van der Waals surface area (Å²) in [6, 6.07) is 0. The molecule has 3 heteroatoms. The zero-order valence-electron chi connectivity index (χ0n) is 5.67. The van der Waals surface area contributed by atoms with Crippen molar-refractivity contribution in [2.75, 3.05) is 19.6 Å². The number of likely N-dealkylation sites (tertiary alicyclic amines) is 1. The maximum atomic E-state index is 9.01. The van der Waals surface area contributed by atoms with E-state index >= 15 is 0 Å². The van der Waals surface area contributed by atoms with Crippen LogP contribution in [0.1, 0.15) is 13.3 Å². The normalized spacial score (nSPS) is 27.0. The Bertz CT molecular complexity index is 103. The lowest BCUT2D eigenvalue weighted by Gasteiger charge is -2.15. The Balaban J connectivity index is 2.38. The molecule has 1 rings (SSSR count). The SMILES string of the molecule is CCN1CCC(O)(O)C1. The van der Waals surface area contributed by atoms with Gasteiger partial charge in [0.1, 0.15) is 0 Å². The fourth-order valence-corrected chi connectivity index (χ4v) is 1.12. The third-order valence-electron chi connectivity index (χ3n) is 1.75. The Hall–Kier alpha value is -0.120. The predicted octanol–water partition coefficient (Wildman–Crippen LogP) is -0.607. The van der Waals surface area contributed by atoms with Gasteiger partial charge in [-0.15, -0.1) is 0 Å². The van der Waals surface area contributed by atoms with E-state index in [2.05, 4.69) is 0 Å². The number of likely N-dealkylation sites (N-methyl/N-ethyl adjacent to an activating group) is 1. The summed E-state index contributed by atoms with van der Waals surface area (Å²) >= 11 is 0. The number of nitrogens with zero attached hydrogens (tertiary/aromatic N) is 1. The maximum absolute atomic E-state index is 9.01. The van der Waals surface area contributed by atoms with Gasteiger partial charge in [0.15, 0.2) is 5.79 Å². The van der Waals surface area contributed by atoms with Gasteiger partial charge in [0.05, 0.1) is 6.54 Å². The molecule has 0 aromatic heterocycles. The van der Waals surface area contributed by atoms with Crippen molar-refractivity contribution in [3.8, 4) is 0 Å². The minimum Gasteiger partial charge on any atom is -0.365 e. The first-order valence-corrected chi connectivity index (χ1v) is 3.31. The number of hydrogen-bond donors (Lipinski definition) is 2. The molecule has 0 aromatic rings. The molecular weight excluding hydrogens is 118 g/mol. The molecule has 2 N–H and O–H groups in total. The summed E-state index contributed by atoms with van der Waals surface area (Å²) in [6.45, 7) is 4.14. The minimum atomic E-state index is -1.41. The molecule has 54 valence electrons. The summed E-state index contributed by atoms with van der Waals surface area (Å²) in [5, 5.41) is 18.0. The lowest BCUT2D eigenvalue weighted by atomic mass is 10.3. The van der Waals surface area contributed by atoms with E-state index in [1.807, 2.05) is 11.8 Å². The van der Waals surface area contributed by atoms with Crippen LogP contribution in [-0.4, -0.2) is 40.5 Å². The van der Waals surface area contributed by atoms with Gasteiger partial charge in [-0.05, 0) is 6.54 Å². The van der Waals surface area contributed by atoms with Crippen molar-refractivity contribution < 1.29 is 10.2 Å². The first-order valence-electron chi connectivity index (χ1n) is 3.31. The molecule has 0 spiro atoms. The molecule has 1 saturated heterocycles. The van der Waals surface area contributed by atoms with Gasteiger partial charge in [0.25, 0.3) is 0 Å². The van der Waals surface area contributed by atoms with Crippen LogP contribution in [0, 0.1) is 0 Å². The number of rotatable bonds is 1. The molecular formula is C6H13NO2. The van der Waals surface area contributed by atoms with Gasteiger partial charge < -0.3 is 10.2 Å². The van der Waals surface area contributed by atoms with Crippen LogP contribution in [0.25, 0.3) is 0 Å². The molecule has 3 nitrogen and oxygen atoms in total. The Labute approximate surface area is 54.9 Å². The summed E-state index contributed by atoms with van der Waals surface area (Å²) in [6.07, 6.45) is 0.487. The molecule has 0 saturated carbocycles. The summed E-state index contributed by atoms with van der Waals surface area (Å²) in [5.74, 6) is -1.41. The highest BCUT2D eigenvalue weighted by atomic mass is 16.5. The van der Waals surface area contributed by atoms with Gasteiger partial charge in [0.2, 0.25) is 0 Å². The van der Waals surface area contributed by atoms with E-state index in [-0.39, 0.29) is 0 Å². The number of β-amino-alcohol motifs (C(OH)–C–C–N with tert-alkyl or cyclic N) is 2. The van der Waals surface area contributed by atoms with Crippen LogP contribution in [-0.2, 0) is 0 Å². The maximum Gasteiger partial charge on any atom is 0.176 e. The van der Waals surface area contributed by atoms with Gasteiger partial charge in [-0.3, -0.25) is 4.90 Å². The fraction of sp³-hybridized carbons (Fsp3) is 1.00. The van der Waals surface area contributed by atoms with Gasteiger partial charge >= 0.3 is 0 Å². The van der Waals surface area contributed by atoms with Crippen molar-refractivity contribution in [3.05, 3.63) is 0 Å². The highest BCUT2D eigenvalue weighted by molar-refractivity contribution is 4.79. The molecule has 1 fully saturated rings. The number of hydrogen-bond acceptors (Lipinski definition) is 3. The molecule has 9 heavy (non-hydrogen) atoms. The predicted molar refractivity (Wildman–Crippen MR) is 33.9 cm³/mol. The summed E-state index contributed by atoms with van der Waals surface area (Å²) in [5.41, 5.74) is 0. The van der Waals surface area contributed by atoms with Crippen molar-refractivity contribution in [2.24, 2.45) is 0 Å². The second kappa shape index (κ2) is 2.25. The van der Waals surface area contributed by atoms with Crippen LogP contribution in [0.15, 0.2) is 0 Å². The van der Waals surface area contributed by atoms with E-state index in [1.54, 1.807) is 0 Å². The quantitative estimate of drug-likeness (QED) is 0.467. The summed E-state index contributed by atoms with van der Waals surface area (Å²) < 4.78 is 0. The molecule has 0 bridgehead atoms. The molecule has 1 aliphatic rings. The van der Waals surface area contributed by atoms with Gasteiger partial charge in [0, 0.05) is 13.0 Å². The first-order chi connectivity index (χ1) is 4.14. The first kappa shape index (κ1) is 6.99. The van der Waals surface area contributed by atoms with Crippen LogP contribution in [0.5, 0.6) is 0 Å². The smallest absolute Gasteiger partial charge is 0.176 e. The van der Waals surface area contributed by atoms with Gasteiger partial charge in [-0.25, -0.2) is 0 Å². The zero-order valence-corrected chi connectivity index (χ0v) is 5.67. The van der Waals surface area contributed by atoms with Gasteiger partial charge in [-0.1, -0.05) is 6.92 Å². The molecule has 0 aliphatic carbocycles. The molecule has 0 atom stereocenters. The van der Waals surface area contributed by atoms with E-state index in [4.69, 9.17) is 10.2 Å². The third kappa shape index (κ3) is 1.64. The Kier molecular flexibility index (Phi) is 1.75. The lowest BCUT2D eigenvalue weighted by Crippen LogP contribution is -2.32. The van der Waals surface area contributed by atoms with Crippen LogP contribution in [0.4, 0.5) is 0 Å². The average Bonchev–Trinajstić information content (AvgIpc) is 2.10. The highest BCUT2D eigenvalue weighted by Gasteiger charge is 2.32. The number of aliphatic hydroxyl groups is 2. The van der Waals surface area contributed by atoms with Crippen molar-refractivity contribution in [3.63, 3.8) is 0 Å². The Morgan fingerprint density at radius 1 is 1.56 bits per heavy atom. The molecule has 0 aromatic carbocycles.